The molecule has 0 saturated carbocycles. The molecule has 0 spiro atoms. The van der Waals surface area contributed by atoms with Crippen molar-refractivity contribution < 1.29 is 87.5 Å². The van der Waals surface area contributed by atoms with E-state index in [1.165, 1.54) is 6.92 Å². The zero-order valence-corrected chi connectivity index (χ0v) is 44.6. The van der Waals surface area contributed by atoms with E-state index in [1.807, 2.05) is 0 Å². The van der Waals surface area contributed by atoms with Crippen molar-refractivity contribution in [3.63, 3.8) is 0 Å². The van der Waals surface area contributed by atoms with Gasteiger partial charge in [0, 0.05) is 38.6 Å². The molecule has 30 nitrogen and oxygen atoms in total. The molecule has 80 heavy (non-hydrogen) atoms. The van der Waals surface area contributed by atoms with Crippen molar-refractivity contribution in [1.82, 2.24) is 42.1 Å². The van der Waals surface area contributed by atoms with Crippen LogP contribution in [0.25, 0.3) is 0 Å². The highest BCUT2D eigenvalue weighted by atomic mass is 16.4. The first-order valence-corrected chi connectivity index (χ1v) is 26.1. The summed E-state index contributed by atoms with van der Waals surface area (Å²) >= 11 is 0. The summed E-state index contributed by atoms with van der Waals surface area (Å²) in [5.74, 6) is -16.9. The molecule has 1 aromatic carbocycles. The predicted octanol–water partition coefficient (Wildman–Crippen LogP) is -4.06. The van der Waals surface area contributed by atoms with Crippen molar-refractivity contribution in [2.75, 3.05) is 13.1 Å². The maximum atomic E-state index is 14.2. The number of benzene rings is 1. The molecule has 30 heteroatoms. The molecule has 2 rings (SSSR count). The van der Waals surface area contributed by atoms with Crippen LogP contribution in [0.2, 0.25) is 0 Å². The Morgan fingerprint density at radius 3 is 1.56 bits per heavy atom. The largest absolute Gasteiger partial charge is 0.481 e. The van der Waals surface area contributed by atoms with Crippen molar-refractivity contribution in [3.8, 4) is 0 Å². The topological polar surface area (TPSA) is 511 Å². The van der Waals surface area contributed by atoms with Crippen LogP contribution < -0.4 is 60.2 Å². The minimum absolute atomic E-state index is 0.0494. The van der Waals surface area contributed by atoms with Crippen molar-refractivity contribution in [1.29, 1.82) is 0 Å². The zero-order chi connectivity index (χ0) is 60.2. The number of carbonyl (C=O) groups excluding carboxylic acids is 10. The molecule has 19 N–H and O–H groups in total. The van der Waals surface area contributed by atoms with Gasteiger partial charge in [0.05, 0.1) is 12.5 Å². The van der Waals surface area contributed by atoms with Crippen LogP contribution in [0.5, 0.6) is 0 Å². The van der Waals surface area contributed by atoms with Gasteiger partial charge in [-0.15, -0.1) is 0 Å². The van der Waals surface area contributed by atoms with Crippen LogP contribution in [0.3, 0.4) is 0 Å². The second-order valence-electron chi connectivity index (χ2n) is 19.3. The van der Waals surface area contributed by atoms with Crippen molar-refractivity contribution >= 4 is 82.9 Å². The van der Waals surface area contributed by atoms with Crippen molar-refractivity contribution in [2.45, 2.75) is 171 Å². The molecule has 0 bridgehead atoms. The van der Waals surface area contributed by atoms with Gasteiger partial charge in [0.1, 0.15) is 48.3 Å². The van der Waals surface area contributed by atoms with Crippen LogP contribution in [0, 0.1) is 5.92 Å². The van der Waals surface area contributed by atoms with E-state index in [0.29, 0.717) is 24.9 Å². The van der Waals surface area contributed by atoms with Crippen LogP contribution in [-0.4, -0.2) is 176 Å². The molecule has 1 fully saturated rings. The Balaban J connectivity index is 2.42. The molecule has 0 aliphatic carbocycles. The van der Waals surface area contributed by atoms with Gasteiger partial charge in [0.25, 0.3) is 0 Å². The van der Waals surface area contributed by atoms with Gasteiger partial charge in [0.15, 0.2) is 0 Å². The maximum Gasteiger partial charge on any atom is 0.326 e. The van der Waals surface area contributed by atoms with E-state index < -0.39 is 195 Å². The van der Waals surface area contributed by atoms with Crippen LogP contribution in [0.15, 0.2) is 30.3 Å². The van der Waals surface area contributed by atoms with Crippen LogP contribution >= 0.6 is 0 Å². The number of hydrogen-bond acceptors (Lipinski definition) is 16. The lowest BCUT2D eigenvalue weighted by molar-refractivity contribution is -0.144. The molecule has 1 saturated heterocycles. The lowest BCUT2D eigenvalue weighted by atomic mass is 9.96. The molecule has 0 unspecified atom stereocenters. The van der Waals surface area contributed by atoms with Gasteiger partial charge in [-0.25, -0.2) is 4.79 Å². The fraction of sp³-hybridized carbons (Fsp3) is 0.600. The molecule has 10 atom stereocenters. The molecule has 1 aliphatic heterocycles. The second kappa shape index (κ2) is 34.6. The summed E-state index contributed by atoms with van der Waals surface area (Å²) in [6, 6.07) is -6.08. The van der Waals surface area contributed by atoms with E-state index in [2.05, 4.69) is 37.2 Å². The van der Waals surface area contributed by atoms with Crippen LogP contribution in [-0.2, 0) is 73.5 Å². The molecule has 1 heterocycles. The Morgan fingerprint density at radius 2 is 1.05 bits per heavy atom. The number of primary amides is 2. The number of carbonyl (C=O) groups is 14. The maximum absolute atomic E-state index is 14.2. The van der Waals surface area contributed by atoms with Gasteiger partial charge in [-0.05, 0) is 69.4 Å². The number of nitrogens with one attached hydrogen (secondary N) is 7. The van der Waals surface area contributed by atoms with E-state index in [0.717, 1.165) is 4.90 Å². The summed E-state index contributed by atoms with van der Waals surface area (Å²) < 4.78 is 0. The number of amides is 10. The van der Waals surface area contributed by atoms with E-state index in [9.17, 15) is 87.5 Å². The van der Waals surface area contributed by atoms with Gasteiger partial charge >= 0.3 is 23.9 Å². The first kappa shape index (κ1) is 67.8. The third kappa shape index (κ3) is 24.2. The van der Waals surface area contributed by atoms with E-state index >= 15 is 0 Å². The van der Waals surface area contributed by atoms with E-state index in [-0.39, 0.29) is 45.1 Å². The van der Waals surface area contributed by atoms with Crippen LogP contribution in [0.4, 0.5) is 0 Å². The average molecular weight is 1130 g/mol. The highest BCUT2D eigenvalue weighted by Crippen LogP contribution is 2.21. The highest BCUT2D eigenvalue weighted by molar-refractivity contribution is 5.99. The quantitative estimate of drug-likeness (QED) is 0.0280. The molecule has 444 valence electrons. The summed E-state index contributed by atoms with van der Waals surface area (Å²) in [5, 5.41) is 55.1. The summed E-state index contributed by atoms with van der Waals surface area (Å²) in [5.41, 5.74) is 22.7. The number of aliphatic carboxylic acids is 4. The number of nitrogens with two attached hydrogens (primary N) is 4. The monoisotopic (exact) mass is 1130 g/mol. The van der Waals surface area contributed by atoms with Gasteiger partial charge in [-0.2, -0.15) is 0 Å². The number of carboxylic acid groups (broad SMARTS) is 4. The lowest BCUT2D eigenvalue weighted by Gasteiger charge is -2.31. The molecule has 1 aliphatic rings. The SMILES string of the molecule is CC[C@H](C)[C@H](NC(=O)[C@H](CCC(=O)O)NC(=O)[C@H](CCC(N)=O)NC(=O)[C@@H]1CCCN1C(=O)[C@H](CCC(=O)O)NC(=O)[C@H](CCC(N)=O)NC(=O)[C@@H](N)CCCCN)C(=O)N[C@@H](CC(=O)O)C(=O)N[C@@H](Cc1ccccc1)C(=O)O. The van der Waals surface area contributed by atoms with Gasteiger partial charge in [0.2, 0.25) is 59.1 Å². The Morgan fingerprint density at radius 1 is 0.575 bits per heavy atom. The summed E-state index contributed by atoms with van der Waals surface area (Å²) in [4.78, 5) is 183. The Hall–Kier alpha value is -8.28. The fourth-order valence-electron chi connectivity index (χ4n) is 8.33. The van der Waals surface area contributed by atoms with Gasteiger partial charge in [-0.1, -0.05) is 57.0 Å². The third-order valence-electron chi connectivity index (χ3n) is 13.0. The minimum atomic E-state index is -1.88. The normalized spacial score (nSPS) is 16.2. The average Bonchev–Trinajstić information content (AvgIpc) is 3.90. The Kier molecular flexibility index (Phi) is 29.3. The summed E-state index contributed by atoms with van der Waals surface area (Å²) in [7, 11) is 0. The predicted molar refractivity (Wildman–Crippen MR) is 279 cm³/mol. The third-order valence-corrected chi connectivity index (χ3v) is 13.0. The number of unbranched alkanes of at least 4 members (excludes halogenated alkanes) is 1. The molecular formula is C50H76N12O18. The first-order valence-electron chi connectivity index (χ1n) is 26.1. The number of likely N-dealkylation sites (tertiary alicyclic amines) is 1. The fourth-order valence-corrected chi connectivity index (χ4v) is 8.33. The standard InChI is InChI=1S/C50H76N12O18/c1-3-26(2)41(48(77)59-33(25-40(69)70)46(75)60-34(50(79)80)24-27-10-5-4-6-11-27)61-45(74)31(16-20-38(65)66)56-43(72)30(15-19-37(54)64)57-47(76)35-13-9-23-62(35)49(78)32(17-21-39(67)68)58-44(73)29(14-18-36(53)63)55-42(71)28(52)12-7-8-22-51/h4-6,10-11,26,28-35,41H,3,7-9,12-25,51-52H2,1-2H3,(H2,53,63)(H2,54,64)(H,55,71)(H,56,72)(H,57,76)(H,58,73)(H,59,77)(H,60,75)(H,61,74)(H,65,66)(H,67,68)(H,69,70)(H,79,80)/t26-,28-,29-,30-,31-,32-,33-,34-,35-,41-/m0/s1. The number of nitrogens with zero attached hydrogens (tertiary/aromatic N) is 1. The highest BCUT2D eigenvalue weighted by Gasteiger charge is 2.41. The Labute approximate surface area is 460 Å². The second-order valence-corrected chi connectivity index (χ2v) is 19.3. The van der Waals surface area contributed by atoms with E-state index in [1.54, 1.807) is 37.3 Å². The molecule has 1 aromatic rings. The smallest absolute Gasteiger partial charge is 0.326 e. The minimum Gasteiger partial charge on any atom is -0.481 e. The molecular weight excluding hydrogens is 1060 g/mol. The number of hydrogen-bond donors (Lipinski definition) is 15. The first-order chi connectivity index (χ1) is 37.7. The lowest BCUT2D eigenvalue weighted by Crippen LogP contribution is -2.61. The molecule has 10 amide bonds. The van der Waals surface area contributed by atoms with Crippen molar-refractivity contribution in [2.24, 2.45) is 28.9 Å². The molecule has 0 aromatic heterocycles. The Bertz CT molecular complexity index is 2380. The van der Waals surface area contributed by atoms with Crippen LogP contribution in [0.1, 0.15) is 116 Å². The van der Waals surface area contributed by atoms with Gasteiger partial charge in [-0.3, -0.25) is 62.3 Å². The summed E-state index contributed by atoms with van der Waals surface area (Å²) in [6.07, 6.45) is -4.15. The number of carboxylic acids is 4. The zero-order valence-electron chi connectivity index (χ0n) is 44.6. The molecule has 0 radical (unpaired) electrons. The van der Waals surface area contributed by atoms with Crippen molar-refractivity contribution in [3.05, 3.63) is 35.9 Å². The summed E-state index contributed by atoms with van der Waals surface area (Å²) in [6.45, 7) is 3.30. The van der Waals surface area contributed by atoms with E-state index in [4.69, 9.17) is 22.9 Å². The number of rotatable bonds is 38. The van der Waals surface area contributed by atoms with Gasteiger partial charge < -0.3 is 85.5 Å².